The van der Waals surface area contributed by atoms with E-state index in [0.717, 1.165) is 11.3 Å². The van der Waals surface area contributed by atoms with Gasteiger partial charge in [-0.05, 0) is 18.2 Å². The summed E-state index contributed by atoms with van der Waals surface area (Å²) in [6.45, 7) is 2.09. The van der Waals surface area contributed by atoms with Crippen LogP contribution in [0.5, 0.6) is 0 Å². The topological polar surface area (TPSA) is 76.4 Å². The Morgan fingerprint density at radius 3 is 2.76 bits per heavy atom. The van der Waals surface area contributed by atoms with Crippen molar-refractivity contribution in [1.82, 2.24) is 10.2 Å². The van der Waals surface area contributed by atoms with E-state index in [0.29, 0.717) is 18.7 Å². The zero-order chi connectivity index (χ0) is 15.6. The van der Waals surface area contributed by atoms with Crippen LogP contribution in [0.1, 0.15) is 28.9 Å². The number of hydrogen-bond donors (Lipinski definition) is 1. The fourth-order valence-electron chi connectivity index (χ4n) is 2.41. The first-order valence-electron chi connectivity index (χ1n) is 6.72. The fourth-order valence-corrected chi connectivity index (χ4v) is 2.41. The van der Waals surface area contributed by atoms with Crippen LogP contribution >= 0.6 is 0 Å². The van der Waals surface area contributed by atoms with E-state index < -0.39 is 6.04 Å². The van der Waals surface area contributed by atoms with Gasteiger partial charge in [-0.2, -0.15) is 5.26 Å². The standard InChI is InChI=1S/C15H18N4O2/c1-10(20)17-6-7-19-14(9-16)13-8-11(18(2)3)4-5-12(13)15(19)21/h4-5,8,14H,6-7H2,1-3H3,(H,17,20). The average molecular weight is 286 g/mol. The molecule has 1 aromatic carbocycles. The third kappa shape index (κ3) is 2.82. The summed E-state index contributed by atoms with van der Waals surface area (Å²) >= 11 is 0. The lowest BCUT2D eigenvalue weighted by Gasteiger charge is -2.20. The Hall–Kier alpha value is -2.55. The first-order chi connectivity index (χ1) is 9.95. The van der Waals surface area contributed by atoms with E-state index >= 15 is 0 Å². The molecule has 0 saturated carbocycles. The van der Waals surface area contributed by atoms with Gasteiger partial charge >= 0.3 is 0 Å². The molecule has 1 atom stereocenters. The van der Waals surface area contributed by atoms with E-state index in [1.807, 2.05) is 31.1 Å². The Balaban J connectivity index is 2.26. The molecule has 1 N–H and O–H groups in total. The number of carbonyl (C=O) groups excluding carboxylic acids is 2. The van der Waals surface area contributed by atoms with Crippen LogP contribution in [-0.4, -0.2) is 43.9 Å². The zero-order valence-electron chi connectivity index (χ0n) is 12.4. The predicted molar refractivity (Wildman–Crippen MR) is 78.8 cm³/mol. The van der Waals surface area contributed by atoms with Crippen molar-refractivity contribution in [3.63, 3.8) is 0 Å². The average Bonchev–Trinajstić information content (AvgIpc) is 2.70. The van der Waals surface area contributed by atoms with E-state index in [9.17, 15) is 14.9 Å². The first-order valence-corrected chi connectivity index (χ1v) is 6.72. The van der Waals surface area contributed by atoms with Crippen LogP contribution in [-0.2, 0) is 4.79 Å². The molecule has 0 saturated heterocycles. The highest BCUT2D eigenvalue weighted by molar-refractivity contribution is 6.00. The molecule has 0 radical (unpaired) electrons. The van der Waals surface area contributed by atoms with Crippen molar-refractivity contribution >= 4 is 17.5 Å². The van der Waals surface area contributed by atoms with Gasteiger partial charge in [-0.1, -0.05) is 0 Å². The number of anilines is 1. The van der Waals surface area contributed by atoms with Gasteiger partial charge in [-0.15, -0.1) is 0 Å². The van der Waals surface area contributed by atoms with Gasteiger partial charge < -0.3 is 15.1 Å². The van der Waals surface area contributed by atoms with Crippen LogP contribution in [0.15, 0.2) is 18.2 Å². The van der Waals surface area contributed by atoms with Crippen molar-refractivity contribution in [2.24, 2.45) is 0 Å². The first kappa shape index (κ1) is 14.9. The highest BCUT2D eigenvalue weighted by Gasteiger charge is 2.36. The summed E-state index contributed by atoms with van der Waals surface area (Å²) in [7, 11) is 3.82. The van der Waals surface area contributed by atoms with E-state index in [1.165, 1.54) is 11.8 Å². The SMILES string of the molecule is CC(=O)NCCN1C(=O)c2ccc(N(C)C)cc2C1C#N. The van der Waals surface area contributed by atoms with Crippen molar-refractivity contribution in [3.05, 3.63) is 29.3 Å². The van der Waals surface area contributed by atoms with Crippen LogP contribution < -0.4 is 10.2 Å². The monoisotopic (exact) mass is 286 g/mol. The van der Waals surface area contributed by atoms with Gasteiger partial charge in [0.15, 0.2) is 0 Å². The molecule has 1 heterocycles. The third-order valence-corrected chi connectivity index (χ3v) is 3.50. The van der Waals surface area contributed by atoms with E-state index in [4.69, 9.17) is 0 Å². The number of nitrogens with zero attached hydrogens (tertiary/aromatic N) is 3. The van der Waals surface area contributed by atoms with Crippen LogP contribution in [0.3, 0.4) is 0 Å². The summed E-state index contributed by atoms with van der Waals surface area (Å²) in [4.78, 5) is 26.7. The number of hydrogen-bond acceptors (Lipinski definition) is 4. The summed E-state index contributed by atoms with van der Waals surface area (Å²) in [5, 5.41) is 12.0. The van der Waals surface area contributed by atoms with Gasteiger partial charge in [0.05, 0.1) is 6.07 Å². The molecular weight excluding hydrogens is 268 g/mol. The Morgan fingerprint density at radius 2 is 2.19 bits per heavy atom. The van der Waals surface area contributed by atoms with Gasteiger partial charge in [-0.25, -0.2) is 0 Å². The van der Waals surface area contributed by atoms with Gasteiger partial charge in [0, 0.05) is 50.9 Å². The van der Waals surface area contributed by atoms with Crippen LogP contribution in [0.4, 0.5) is 5.69 Å². The van der Waals surface area contributed by atoms with Gasteiger partial charge in [0.2, 0.25) is 5.91 Å². The molecule has 1 aromatic rings. The maximum absolute atomic E-state index is 12.4. The summed E-state index contributed by atoms with van der Waals surface area (Å²) in [5.74, 6) is -0.310. The van der Waals surface area contributed by atoms with Gasteiger partial charge in [0.1, 0.15) is 6.04 Å². The lowest BCUT2D eigenvalue weighted by atomic mass is 10.0. The minimum Gasteiger partial charge on any atom is -0.378 e. The summed E-state index contributed by atoms with van der Waals surface area (Å²) in [6, 6.07) is 7.08. The normalized spacial score (nSPS) is 16.4. The molecule has 0 bridgehead atoms. The molecule has 6 heteroatoms. The highest BCUT2D eigenvalue weighted by atomic mass is 16.2. The highest BCUT2D eigenvalue weighted by Crippen LogP contribution is 2.35. The predicted octanol–water partition coefficient (Wildman–Crippen LogP) is 0.909. The summed E-state index contributed by atoms with van der Waals surface area (Å²) < 4.78 is 0. The maximum atomic E-state index is 12.4. The number of nitrogens with one attached hydrogen (secondary N) is 1. The lowest BCUT2D eigenvalue weighted by Crippen LogP contribution is -2.36. The quantitative estimate of drug-likeness (QED) is 0.892. The maximum Gasteiger partial charge on any atom is 0.255 e. The smallest absolute Gasteiger partial charge is 0.255 e. The second-order valence-electron chi connectivity index (χ2n) is 5.18. The molecule has 2 rings (SSSR count). The summed E-state index contributed by atoms with van der Waals surface area (Å²) in [5.41, 5.74) is 2.25. The molecule has 110 valence electrons. The number of nitriles is 1. The van der Waals surface area contributed by atoms with E-state index in [1.54, 1.807) is 6.07 Å². The molecule has 0 spiro atoms. The van der Waals surface area contributed by atoms with Crippen molar-refractivity contribution in [1.29, 1.82) is 5.26 Å². The van der Waals surface area contributed by atoms with Crippen molar-refractivity contribution in [3.8, 4) is 6.07 Å². The summed E-state index contributed by atoms with van der Waals surface area (Å²) in [6.07, 6.45) is 0. The molecule has 0 aliphatic carbocycles. The number of fused-ring (bicyclic) bond motifs is 1. The molecule has 1 aliphatic heterocycles. The number of amides is 2. The zero-order valence-corrected chi connectivity index (χ0v) is 12.4. The molecule has 6 nitrogen and oxygen atoms in total. The number of rotatable bonds is 4. The minimum atomic E-state index is -0.596. The molecule has 0 fully saturated rings. The lowest BCUT2D eigenvalue weighted by molar-refractivity contribution is -0.119. The molecule has 21 heavy (non-hydrogen) atoms. The van der Waals surface area contributed by atoms with Crippen molar-refractivity contribution in [2.75, 3.05) is 32.1 Å². The Bertz CT molecular complexity index is 619. The van der Waals surface area contributed by atoms with E-state index in [2.05, 4.69) is 11.4 Å². The van der Waals surface area contributed by atoms with Crippen molar-refractivity contribution < 1.29 is 9.59 Å². The van der Waals surface area contributed by atoms with Crippen LogP contribution in [0.25, 0.3) is 0 Å². The Kier molecular flexibility index (Phi) is 4.13. The second-order valence-corrected chi connectivity index (χ2v) is 5.18. The molecule has 0 aromatic heterocycles. The third-order valence-electron chi connectivity index (χ3n) is 3.50. The van der Waals surface area contributed by atoms with Gasteiger partial charge in [-0.3, -0.25) is 9.59 Å². The number of benzene rings is 1. The number of carbonyl (C=O) groups is 2. The largest absolute Gasteiger partial charge is 0.378 e. The Morgan fingerprint density at radius 1 is 1.48 bits per heavy atom. The minimum absolute atomic E-state index is 0.150. The Labute approximate surface area is 123 Å². The molecule has 1 aliphatic rings. The fraction of sp³-hybridized carbons (Fsp3) is 0.400. The van der Waals surface area contributed by atoms with Gasteiger partial charge in [0.25, 0.3) is 5.91 Å². The van der Waals surface area contributed by atoms with Crippen LogP contribution in [0.2, 0.25) is 0 Å². The van der Waals surface area contributed by atoms with Crippen LogP contribution in [0, 0.1) is 11.3 Å². The van der Waals surface area contributed by atoms with E-state index in [-0.39, 0.29) is 11.8 Å². The second kappa shape index (κ2) is 5.83. The van der Waals surface area contributed by atoms with Crippen molar-refractivity contribution in [2.45, 2.75) is 13.0 Å². The molecule has 1 unspecified atom stereocenters. The molecular formula is C15H18N4O2. The molecule has 2 amide bonds.